The van der Waals surface area contributed by atoms with E-state index < -0.39 is 6.23 Å². The van der Waals surface area contributed by atoms with Crippen LogP contribution in [-0.2, 0) is 13.1 Å². The summed E-state index contributed by atoms with van der Waals surface area (Å²) in [5, 5.41) is 19.2. The lowest BCUT2D eigenvalue weighted by Gasteiger charge is -2.37. The second-order valence-corrected chi connectivity index (χ2v) is 9.33. The molecule has 1 aromatic heterocycles. The molecule has 0 fully saturated rings. The van der Waals surface area contributed by atoms with Gasteiger partial charge in [-0.25, -0.2) is 5.01 Å². The fourth-order valence-electron chi connectivity index (χ4n) is 4.89. The number of hydrogen-bond donors (Lipinski definition) is 1. The normalized spacial score (nSPS) is 17.6. The van der Waals surface area contributed by atoms with Crippen molar-refractivity contribution in [3.8, 4) is 11.8 Å². The van der Waals surface area contributed by atoms with Crippen LogP contribution in [0.4, 0.5) is 0 Å². The highest BCUT2D eigenvalue weighted by Crippen LogP contribution is 2.43. The Morgan fingerprint density at radius 2 is 1.76 bits per heavy atom. The van der Waals surface area contributed by atoms with E-state index in [-0.39, 0.29) is 11.8 Å². The van der Waals surface area contributed by atoms with Crippen molar-refractivity contribution in [1.82, 2.24) is 15.3 Å². The number of ether oxygens (including phenoxy) is 1. The number of benzene rings is 3. The summed E-state index contributed by atoms with van der Waals surface area (Å²) in [4.78, 5) is 17.9. The number of carbonyl (C=O) groups is 1. The van der Waals surface area contributed by atoms with Gasteiger partial charge in [0.1, 0.15) is 5.75 Å². The third-order valence-corrected chi connectivity index (χ3v) is 6.87. The molecule has 3 aromatic carbocycles. The van der Waals surface area contributed by atoms with Crippen LogP contribution in [-0.4, -0.2) is 27.7 Å². The molecular formula is C31H25N5O2. The molecule has 2 aliphatic heterocycles. The summed E-state index contributed by atoms with van der Waals surface area (Å²) in [6.07, 6.45) is 1.60. The number of ketones is 1. The number of Topliss-reactive ketones (excluding diaryl/α,β-unsaturated/α-hetero) is 1. The Bertz CT molecular complexity index is 1530. The Hall–Kier alpha value is -4.80. The Morgan fingerprint density at radius 1 is 0.974 bits per heavy atom. The molecule has 3 heterocycles. The molecule has 4 aromatic rings. The molecule has 0 aliphatic carbocycles. The monoisotopic (exact) mass is 499 g/mol. The second kappa shape index (κ2) is 10.3. The molecule has 0 amide bonds. The molecule has 0 saturated carbocycles. The molecule has 38 heavy (non-hydrogen) atoms. The molecule has 0 spiro atoms. The highest BCUT2D eigenvalue weighted by atomic mass is 16.5. The standard InChI is InChI=1S/C31H25N5O2/c32-18-21-8-14-24(15-9-21)30(37)31-36-28(26-6-1-2-7-29(26)38-31)17-27(35-36)23-12-10-22(11-13-23)19-33-20-25-5-3-4-16-34-25/h1-16,28,31,33H,17,19-20H2. The van der Waals surface area contributed by atoms with Crippen LogP contribution < -0.4 is 10.1 Å². The SMILES string of the molecule is N#Cc1ccc(C(=O)C2Oc3ccccc3C3CC(c4ccc(CNCc5ccccn5)cc4)=NN23)cc1. The quantitative estimate of drug-likeness (QED) is 0.360. The number of hydrogen-bond acceptors (Lipinski definition) is 7. The number of rotatable bonds is 7. The van der Waals surface area contributed by atoms with E-state index in [1.807, 2.05) is 42.5 Å². The smallest absolute Gasteiger partial charge is 0.251 e. The average Bonchev–Trinajstić information content (AvgIpc) is 3.43. The van der Waals surface area contributed by atoms with Gasteiger partial charge in [-0.3, -0.25) is 9.78 Å². The van der Waals surface area contributed by atoms with E-state index >= 15 is 0 Å². The number of carbonyl (C=O) groups excluding carboxylic acids is 1. The zero-order chi connectivity index (χ0) is 25.9. The van der Waals surface area contributed by atoms with E-state index in [2.05, 4.69) is 40.6 Å². The molecule has 7 nitrogen and oxygen atoms in total. The maximum atomic E-state index is 13.5. The fraction of sp³-hybridized carbons (Fsp3) is 0.161. The van der Waals surface area contributed by atoms with Crippen LogP contribution in [0.5, 0.6) is 5.75 Å². The van der Waals surface area contributed by atoms with E-state index in [4.69, 9.17) is 15.1 Å². The first-order valence-electron chi connectivity index (χ1n) is 12.6. The van der Waals surface area contributed by atoms with Gasteiger partial charge in [0, 0.05) is 36.8 Å². The number of pyridine rings is 1. The molecule has 0 saturated heterocycles. The van der Waals surface area contributed by atoms with Crippen molar-refractivity contribution in [2.45, 2.75) is 31.8 Å². The van der Waals surface area contributed by atoms with Crippen LogP contribution in [0.25, 0.3) is 0 Å². The van der Waals surface area contributed by atoms with Crippen molar-refractivity contribution >= 4 is 11.5 Å². The minimum atomic E-state index is -0.879. The summed E-state index contributed by atoms with van der Waals surface area (Å²) >= 11 is 0. The van der Waals surface area contributed by atoms with Crippen molar-refractivity contribution in [3.63, 3.8) is 0 Å². The van der Waals surface area contributed by atoms with E-state index in [1.165, 1.54) is 5.56 Å². The molecule has 2 atom stereocenters. The van der Waals surface area contributed by atoms with Gasteiger partial charge in [-0.15, -0.1) is 0 Å². The molecule has 0 radical (unpaired) electrons. The molecular weight excluding hydrogens is 474 g/mol. The van der Waals surface area contributed by atoms with E-state index in [9.17, 15) is 4.79 Å². The predicted molar refractivity (Wildman–Crippen MR) is 143 cm³/mol. The van der Waals surface area contributed by atoms with Gasteiger partial charge in [0.15, 0.2) is 0 Å². The predicted octanol–water partition coefficient (Wildman–Crippen LogP) is 5.00. The van der Waals surface area contributed by atoms with Crippen molar-refractivity contribution in [2.75, 3.05) is 0 Å². The molecule has 186 valence electrons. The number of aromatic nitrogens is 1. The Labute approximate surface area is 221 Å². The van der Waals surface area contributed by atoms with Gasteiger partial charge in [-0.05, 0) is 53.6 Å². The molecule has 6 rings (SSSR count). The number of nitrogens with one attached hydrogen (secondary N) is 1. The fourth-order valence-corrected chi connectivity index (χ4v) is 4.89. The van der Waals surface area contributed by atoms with Crippen LogP contribution in [0.2, 0.25) is 0 Å². The van der Waals surface area contributed by atoms with Crippen molar-refractivity contribution in [1.29, 1.82) is 5.26 Å². The van der Waals surface area contributed by atoms with Gasteiger partial charge in [-0.2, -0.15) is 10.4 Å². The maximum Gasteiger partial charge on any atom is 0.251 e. The largest absolute Gasteiger partial charge is 0.461 e. The topological polar surface area (TPSA) is 90.6 Å². The lowest BCUT2D eigenvalue weighted by atomic mass is 9.95. The Morgan fingerprint density at radius 3 is 2.53 bits per heavy atom. The highest BCUT2D eigenvalue weighted by molar-refractivity contribution is 6.03. The molecule has 2 unspecified atom stereocenters. The highest BCUT2D eigenvalue weighted by Gasteiger charge is 2.43. The maximum absolute atomic E-state index is 13.5. The first-order valence-corrected chi connectivity index (χ1v) is 12.6. The molecule has 7 heteroatoms. The van der Waals surface area contributed by atoms with E-state index in [0.29, 0.717) is 29.8 Å². The minimum Gasteiger partial charge on any atom is -0.461 e. The summed E-state index contributed by atoms with van der Waals surface area (Å²) in [5.74, 6) is 0.514. The first kappa shape index (κ1) is 23.6. The molecule has 0 bridgehead atoms. The van der Waals surface area contributed by atoms with Crippen molar-refractivity contribution in [2.24, 2.45) is 5.10 Å². The average molecular weight is 500 g/mol. The van der Waals surface area contributed by atoms with Gasteiger partial charge in [-0.1, -0.05) is 48.5 Å². The number of nitriles is 1. The number of para-hydroxylation sites is 1. The first-order chi connectivity index (χ1) is 18.7. The van der Waals surface area contributed by atoms with Crippen molar-refractivity contribution in [3.05, 3.63) is 131 Å². The number of nitrogens with zero attached hydrogens (tertiary/aromatic N) is 4. The van der Waals surface area contributed by atoms with Gasteiger partial charge in [0.2, 0.25) is 5.78 Å². The van der Waals surface area contributed by atoms with Crippen LogP contribution in [0.1, 0.15) is 50.8 Å². The lowest BCUT2D eigenvalue weighted by molar-refractivity contribution is -0.00455. The van der Waals surface area contributed by atoms with Gasteiger partial charge < -0.3 is 10.1 Å². The third-order valence-electron chi connectivity index (χ3n) is 6.87. The van der Waals surface area contributed by atoms with Crippen LogP contribution in [0.3, 0.4) is 0 Å². The summed E-state index contributed by atoms with van der Waals surface area (Å²) in [7, 11) is 0. The number of hydrazone groups is 1. The van der Waals surface area contributed by atoms with E-state index in [1.54, 1.807) is 35.5 Å². The Balaban J connectivity index is 1.22. The summed E-state index contributed by atoms with van der Waals surface area (Å²) in [6, 6.07) is 30.7. The van der Waals surface area contributed by atoms with Gasteiger partial charge >= 0.3 is 0 Å². The van der Waals surface area contributed by atoms with Crippen LogP contribution in [0, 0.1) is 11.3 Å². The Kier molecular flexibility index (Phi) is 6.39. The van der Waals surface area contributed by atoms with Gasteiger partial charge in [0.25, 0.3) is 6.23 Å². The van der Waals surface area contributed by atoms with Crippen LogP contribution in [0.15, 0.2) is 102 Å². The van der Waals surface area contributed by atoms with Gasteiger partial charge in [0.05, 0.1) is 29.1 Å². The third kappa shape index (κ3) is 4.65. The molecule has 2 aliphatic rings. The zero-order valence-corrected chi connectivity index (χ0v) is 20.6. The minimum absolute atomic E-state index is 0.0954. The number of fused-ring (bicyclic) bond motifs is 3. The zero-order valence-electron chi connectivity index (χ0n) is 20.6. The van der Waals surface area contributed by atoms with Crippen LogP contribution >= 0.6 is 0 Å². The lowest BCUT2D eigenvalue weighted by Crippen LogP contribution is -2.45. The van der Waals surface area contributed by atoms with Crippen molar-refractivity contribution < 1.29 is 9.53 Å². The van der Waals surface area contributed by atoms with E-state index in [0.717, 1.165) is 29.1 Å². The summed E-state index contributed by atoms with van der Waals surface area (Å²) in [5.41, 5.74) is 6.13. The summed E-state index contributed by atoms with van der Waals surface area (Å²) in [6.45, 7) is 1.44. The second-order valence-electron chi connectivity index (χ2n) is 9.33. The summed E-state index contributed by atoms with van der Waals surface area (Å²) < 4.78 is 6.19. The molecule has 1 N–H and O–H groups in total.